The van der Waals surface area contributed by atoms with Crippen LogP contribution in [-0.2, 0) is 13.0 Å². The lowest BCUT2D eigenvalue weighted by Crippen LogP contribution is -1.87. The molecule has 1 nitrogen and oxygen atoms in total. The zero-order valence-corrected chi connectivity index (χ0v) is 6.80. The van der Waals surface area contributed by atoms with E-state index in [4.69, 9.17) is 5.11 Å². The molecule has 1 rings (SSSR count). The second-order valence-electron chi connectivity index (χ2n) is 2.66. The maximum absolute atomic E-state index is 8.81. The second-order valence-corrected chi connectivity index (χ2v) is 2.66. The van der Waals surface area contributed by atoms with Gasteiger partial charge in [0.05, 0.1) is 6.61 Å². The van der Waals surface area contributed by atoms with Crippen molar-refractivity contribution in [2.45, 2.75) is 26.4 Å². The normalized spacial score (nSPS) is 10.0. The lowest BCUT2D eigenvalue weighted by atomic mass is 10.1. The fraction of sp³-hybridized carbons (Fsp3) is 0.400. The van der Waals surface area contributed by atoms with Gasteiger partial charge in [-0.1, -0.05) is 25.5 Å². The highest BCUT2D eigenvalue weighted by molar-refractivity contribution is 5.21. The van der Waals surface area contributed by atoms with E-state index in [1.807, 2.05) is 18.2 Å². The van der Waals surface area contributed by atoms with Gasteiger partial charge in [-0.3, -0.25) is 0 Å². The van der Waals surface area contributed by atoms with E-state index in [0.717, 1.165) is 18.4 Å². The van der Waals surface area contributed by atoms with Crippen LogP contribution in [0.2, 0.25) is 0 Å². The summed E-state index contributed by atoms with van der Waals surface area (Å²) in [5.74, 6) is 0. The van der Waals surface area contributed by atoms with Crippen molar-refractivity contribution in [3.63, 3.8) is 0 Å². The minimum Gasteiger partial charge on any atom is -0.392 e. The van der Waals surface area contributed by atoms with Crippen LogP contribution in [0.4, 0.5) is 0 Å². The lowest BCUT2D eigenvalue weighted by molar-refractivity contribution is 0.281. The maximum atomic E-state index is 8.81. The van der Waals surface area contributed by atoms with Gasteiger partial charge >= 0.3 is 0 Å². The van der Waals surface area contributed by atoms with Crippen molar-refractivity contribution >= 4 is 0 Å². The summed E-state index contributed by atoms with van der Waals surface area (Å²) in [4.78, 5) is 0. The van der Waals surface area contributed by atoms with Crippen LogP contribution in [0.25, 0.3) is 0 Å². The Morgan fingerprint density at radius 3 is 2.73 bits per heavy atom. The zero-order valence-electron chi connectivity index (χ0n) is 6.80. The van der Waals surface area contributed by atoms with Crippen LogP contribution in [0.15, 0.2) is 18.2 Å². The standard InChI is InChI=1S/C10H13O/c1-2-4-9-5-3-6-10(7-9)8-11/h5-7,11H,2,4,8H2,1H3. The molecule has 59 valence electrons. The highest BCUT2D eigenvalue weighted by Crippen LogP contribution is 2.06. The molecule has 0 amide bonds. The molecule has 0 aromatic heterocycles. The minimum atomic E-state index is 0.119. The Bertz CT molecular complexity index is 218. The SMILES string of the molecule is CCCc1c[c]cc(CO)c1. The highest BCUT2D eigenvalue weighted by Gasteiger charge is 1.92. The van der Waals surface area contributed by atoms with Crippen LogP contribution in [0.3, 0.4) is 0 Å². The third-order valence-corrected chi connectivity index (χ3v) is 1.63. The van der Waals surface area contributed by atoms with Gasteiger partial charge in [0.15, 0.2) is 0 Å². The Kier molecular flexibility index (Phi) is 3.12. The molecule has 0 aliphatic carbocycles. The van der Waals surface area contributed by atoms with Crippen molar-refractivity contribution in [3.8, 4) is 0 Å². The molecule has 1 heteroatoms. The molecule has 0 aliphatic heterocycles. The summed E-state index contributed by atoms with van der Waals surface area (Å²) in [6.07, 6.45) is 2.22. The molecule has 0 heterocycles. The molecule has 0 saturated heterocycles. The molecule has 0 saturated carbocycles. The van der Waals surface area contributed by atoms with E-state index in [2.05, 4.69) is 13.0 Å². The van der Waals surface area contributed by atoms with Gasteiger partial charge in [-0.25, -0.2) is 0 Å². The van der Waals surface area contributed by atoms with E-state index in [-0.39, 0.29) is 6.61 Å². The van der Waals surface area contributed by atoms with Gasteiger partial charge in [-0.05, 0) is 29.7 Å². The summed E-state index contributed by atoms with van der Waals surface area (Å²) in [5, 5.41) is 8.81. The van der Waals surface area contributed by atoms with Crippen molar-refractivity contribution < 1.29 is 5.11 Å². The molecular weight excluding hydrogens is 136 g/mol. The Morgan fingerprint density at radius 1 is 1.36 bits per heavy atom. The number of hydrogen-bond acceptors (Lipinski definition) is 1. The van der Waals surface area contributed by atoms with Crippen LogP contribution in [0, 0.1) is 6.07 Å². The van der Waals surface area contributed by atoms with Gasteiger partial charge in [0.1, 0.15) is 0 Å². The third kappa shape index (κ3) is 2.35. The summed E-state index contributed by atoms with van der Waals surface area (Å²) in [5.41, 5.74) is 2.22. The number of hydrogen-bond donors (Lipinski definition) is 1. The molecule has 0 fully saturated rings. The molecule has 1 N–H and O–H groups in total. The average molecular weight is 149 g/mol. The van der Waals surface area contributed by atoms with E-state index in [1.165, 1.54) is 5.56 Å². The Labute approximate surface area is 67.7 Å². The molecular formula is C10H13O. The van der Waals surface area contributed by atoms with Gasteiger partial charge < -0.3 is 5.11 Å². The number of benzene rings is 1. The van der Waals surface area contributed by atoms with Gasteiger partial charge in [0.25, 0.3) is 0 Å². The van der Waals surface area contributed by atoms with E-state index in [0.29, 0.717) is 0 Å². The van der Waals surface area contributed by atoms with E-state index < -0.39 is 0 Å². The van der Waals surface area contributed by atoms with Crippen molar-refractivity contribution in [1.82, 2.24) is 0 Å². The topological polar surface area (TPSA) is 20.2 Å². The van der Waals surface area contributed by atoms with E-state index in [9.17, 15) is 0 Å². The van der Waals surface area contributed by atoms with Crippen molar-refractivity contribution in [1.29, 1.82) is 0 Å². The maximum Gasteiger partial charge on any atom is 0.0682 e. The summed E-state index contributed by atoms with van der Waals surface area (Å²) >= 11 is 0. The molecule has 0 aliphatic rings. The monoisotopic (exact) mass is 149 g/mol. The van der Waals surface area contributed by atoms with Gasteiger partial charge in [0.2, 0.25) is 0 Å². The van der Waals surface area contributed by atoms with Gasteiger partial charge in [-0.2, -0.15) is 0 Å². The Hall–Kier alpha value is -0.820. The quantitative estimate of drug-likeness (QED) is 0.696. The number of aliphatic hydroxyl groups is 1. The van der Waals surface area contributed by atoms with E-state index >= 15 is 0 Å². The van der Waals surface area contributed by atoms with E-state index in [1.54, 1.807) is 0 Å². The predicted molar refractivity (Wildman–Crippen MR) is 45.2 cm³/mol. The first-order chi connectivity index (χ1) is 5.36. The lowest BCUT2D eigenvalue weighted by Gasteiger charge is -1.99. The smallest absolute Gasteiger partial charge is 0.0682 e. The first-order valence-corrected chi connectivity index (χ1v) is 3.96. The largest absolute Gasteiger partial charge is 0.392 e. The molecule has 0 bridgehead atoms. The molecule has 0 unspecified atom stereocenters. The molecule has 11 heavy (non-hydrogen) atoms. The molecule has 0 atom stereocenters. The minimum absolute atomic E-state index is 0.119. The van der Waals surface area contributed by atoms with Crippen LogP contribution < -0.4 is 0 Å². The number of aliphatic hydroxyl groups excluding tert-OH is 1. The highest BCUT2D eigenvalue weighted by atomic mass is 16.3. The number of aryl methyl sites for hydroxylation is 1. The van der Waals surface area contributed by atoms with Crippen LogP contribution in [0.5, 0.6) is 0 Å². The van der Waals surface area contributed by atoms with Crippen molar-refractivity contribution in [3.05, 3.63) is 35.4 Å². The molecule has 0 spiro atoms. The Morgan fingerprint density at radius 2 is 2.09 bits per heavy atom. The van der Waals surface area contributed by atoms with Crippen molar-refractivity contribution in [2.75, 3.05) is 0 Å². The molecule has 1 aromatic carbocycles. The first-order valence-electron chi connectivity index (χ1n) is 3.96. The number of rotatable bonds is 3. The van der Waals surface area contributed by atoms with Crippen LogP contribution >= 0.6 is 0 Å². The Balaban J connectivity index is 2.74. The summed E-state index contributed by atoms with van der Waals surface area (Å²) in [6.45, 7) is 2.26. The van der Waals surface area contributed by atoms with Crippen LogP contribution in [-0.4, -0.2) is 5.11 Å². The molecule has 1 aromatic rings. The average Bonchev–Trinajstić information content (AvgIpc) is 2.06. The second kappa shape index (κ2) is 4.14. The van der Waals surface area contributed by atoms with Gasteiger partial charge in [0, 0.05) is 0 Å². The van der Waals surface area contributed by atoms with Crippen molar-refractivity contribution in [2.24, 2.45) is 0 Å². The summed E-state index contributed by atoms with van der Waals surface area (Å²) in [7, 11) is 0. The summed E-state index contributed by atoms with van der Waals surface area (Å²) < 4.78 is 0. The third-order valence-electron chi connectivity index (χ3n) is 1.63. The first kappa shape index (κ1) is 8.28. The zero-order chi connectivity index (χ0) is 8.10. The fourth-order valence-electron chi connectivity index (χ4n) is 1.10. The predicted octanol–water partition coefficient (Wildman–Crippen LogP) is 1.93. The van der Waals surface area contributed by atoms with Gasteiger partial charge in [-0.15, -0.1) is 0 Å². The molecule has 1 radical (unpaired) electrons. The fourth-order valence-corrected chi connectivity index (χ4v) is 1.10. The summed E-state index contributed by atoms with van der Waals surface area (Å²) in [6, 6.07) is 8.83. The van der Waals surface area contributed by atoms with Crippen LogP contribution in [0.1, 0.15) is 24.5 Å².